The first-order valence-corrected chi connectivity index (χ1v) is 7.99. The lowest BCUT2D eigenvalue weighted by atomic mass is 9.81. The second-order valence-electron chi connectivity index (χ2n) is 7.59. The molecule has 1 aromatic rings. The number of imide groups is 1. The van der Waals surface area contributed by atoms with Crippen molar-refractivity contribution in [2.45, 2.75) is 51.7 Å². The third kappa shape index (κ3) is 2.94. The molecule has 0 aromatic heterocycles. The van der Waals surface area contributed by atoms with Crippen LogP contribution in [0.2, 0.25) is 0 Å². The minimum Gasteiger partial charge on any atom is -0.370 e. The minimum atomic E-state index is -0.602. The van der Waals surface area contributed by atoms with Crippen LogP contribution in [-0.4, -0.2) is 34.0 Å². The number of hydroxylamine groups is 2. The van der Waals surface area contributed by atoms with Crippen LogP contribution >= 0.6 is 0 Å². The Morgan fingerprint density at radius 1 is 1.04 bits per heavy atom. The van der Waals surface area contributed by atoms with Crippen LogP contribution in [0.5, 0.6) is 0 Å². The second-order valence-corrected chi connectivity index (χ2v) is 7.59. The SMILES string of the molecule is CC1(C)CC(C(=O)ON2C(=O)c3ccccc3C2=O)CC(C)(C)O1. The third-order valence-electron chi connectivity index (χ3n) is 4.30. The summed E-state index contributed by atoms with van der Waals surface area (Å²) in [7, 11) is 0. The molecule has 24 heavy (non-hydrogen) atoms. The van der Waals surface area contributed by atoms with E-state index < -0.39 is 34.9 Å². The Kier molecular flexibility index (Phi) is 3.75. The molecule has 0 bridgehead atoms. The number of amides is 2. The maximum atomic E-state index is 12.5. The molecule has 0 radical (unpaired) electrons. The highest BCUT2D eigenvalue weighted by Crippen LogP contribution is 2.39. The van der Waals surface area contributed by atoms with Crippen molar-refractivity contribution in [2.24, 2.45) is 5.92 Å². The number of hydrogen-bond donors (Lipinski definition) is 0. The smallest absolute Gasteiger partial charge is 0.336 e. The van der Waals surface area contributed by atoms with Gasteiger partial charge < -0.3 is 9.57 Å². The number of benzene rings is 1. The van der Waals surface area contributed by atoms with E-state index in [-0.39, 0.29) is 11.1 Å². The second kappa shape index (κ2) is 5.41. The molecule has 6 nitrogen and oxygen atoms in total. The molecule has 0 aliphatic carbocycles. The topological polar surface area (TPSA) is 72.9 Å². The van der Waals surface area contributed by atoms with Gasteiger partial charge in [0.05, 0.1) is 28.2 Å². The highest BCUT2D eigenvalue weighted by atomic mass is 16.7. The number of nitrogens with zero attached hydrogens (tertiary/aromatic N) is 1. The fourth-order valence-electron chi connectivity index (χ4n) is 3.67. The molecule has 1 saturated heterocycles. The summed E-state index contributed by atoms with van der Waals surface area (Å²) in [5, 5.41) is 0.572. The normalized spacial score (nSPS) is 22.4. The summed E-state index contributed by atoms with van der Waals surface area (Å²) in [6, 6.07) is 6.42. The van der Waals surface area contributed by atoms with Crippen LogP contribution in [0.4, 0.5) is 0 Å². The van der Waals surface area contributed by atoms with Gasteiger partial charge in [-0.05, 0) is 52.7 Å². The lowest BCUT2D eigenvalue weighted by molar-refractivity contribution is -0.201. The highest BCUT2D eigenvalue weighted by Gasteiger charge is 2.45. The zero-order valence-electron chi connectivity index (χ0n) is 14.3. The number of carbonyl (C=O) groups excluding carboxylic acids is 3. The number of ether oxygens (including phenoxy) is 1. The van der Waals surface area contributed by atoms with Gasteiger partial charge in [-0.15, -0.1) is 0 Å². The summed E-state index contributed by atoms with van der Waals surface area (Å²) in [6.07, 6.45) is 0.941. The zero-order chi connectivity index (χ0) is 17.7. The lowest BCUT2D eigenvalue weighted by Gasteiger charge is -2.44. The van der Waals surface area contributed by atoms with Crippen molar-refractivity contribution in [3.8, 4) is 0 Å². The first-order valence-electron chi connectivity index (χ1n) is 7.99. The number of hydrogen-bond acceptors (Lipinski definition) is 5. The number of rotatable bonds is 2. The summed E-state index contributed by atoms with van der Waals surface area (Å²) >= 11 is 0. The van der Waals surface area contributed by atoms with Crippen molar-refractivity contribution in [3.63, 3.8) is 0 Å². The highest BCUT2D eigenvalue weighted by molar-refractivity contribution is 6.20. The molecule has 0 N–H and O–H groups in total. The molecule has 1 fully saturated rings. The molecule has 2 amide bonds. The van der Waals surface area contributed by atoms with Gasteiger partial charge in [-0.3, -0.25) is 9.59 Å². The van der Waals surface area contributed by atoms with E-state index in [0.29, 0.717) is 17.9 Å². The van der Waals surface area contributed by atoms with E-state index in [4.69, 9.17) is 9.57 Å². The average molecular weight is 331 g/mol. The monoisotopic (exact) mass is 331 g/mol. The van der Waals surface area contributed by atoms with Gasteiger partial charge in [0.1, 0.15) is 0 Å². The van der Waals surface area contributed by atoms with Gasteiger partial charge in [0.15, 0.2) is 0 Å². The molecule has 2 aliphatic heterocycles. The molecule has 0 atom stereocenters. The Morgan fingerprint density at radius 2 is 1.50 bits per heavy atom. The summed E-state index contributed by atoms with van der Waals surface area (Å²) < 4.78 is 5.95. The van der Waals surface area contributed by atoms with Crippen molar-refractivity contribution in [1.82, 2.24) is 5.06 Å². The average Bonchev–Trinajstić information content (AvgIpc) is 2.70. The largest absolute Gasteiger partial charge is 0.370 e. The third-order valence-corrected chi connectivity index (χ3v) is 4.30. The molecular formula is C18H21NO5. The quantitative estimate of drug-likeness (QED) is 0.779. The number of carbonyl (C=O) groups is 3. The Bertz CT molecular complexity index is 671. The van der Waals surface area contributed by atoms with Gasteiger partial charge in [0.2, 0.25) is 0 Å². The van der Waals surface area contributed by atoms with Crippen LogP contribution < -0.4 is 0 Å². The molecule has 1 aromatic carbocycles. The van der Waals surface area contributed by atoms with Crippen LogP contribution in [0.25, 0.3) is 0 Å². The molecule has 2 heterocycles. The van der Waals surface area contributed by atoms with Crippen molar-refractivity contribution >= 4 is 17.8 Å². The molecular weight excluding hydrogens is 310 g/mol. The van der Waals surface area contributed by atoms with Crippen molar-refractivity contribution < 1.29 is 24.0 Å². The van der Waals surface area contributed by atoms with E-state index in [0.717, 1.165) is 0 Å². The van der Waals surface area contributed by atoms with Crippen LogP contribution in [-0.2, 0) is 14.4 Å². The molecule has 2 aliphatic rings. The maximum absolute atomic E-state index is 12.5. The summed E-state index contributed by atoms with van der Waals surface area (Å²) in [5.41, 5.74) is -0.452. The fraction of sp³-hybridized carbons (Fsp3) is 0.500. The van der Waals surface area contributed by atoms with Crippen LogP contribution in [0.15, 0.2) is 24.3 Å². The molecule has 128 valence electrons. The predicted molar refractivity (Wildman–Crippen MR) is 85.0 cm³/mol. The van der Waals surface area contributed by atoms with Gasteiger partial charge in [-0.1, -0.05) is 17.2 Å². The Labute approximate surface area is 140 Å². The Hall–Kier alpha value is -2.21. The molecule has 3 rings (SSSR count). The van der Waals surface area contributed by atoms with E-state index in [1.807, 2.05) is 27.7 Å². The molecule has 6 heteroatoms. The van der Waals surface area contributed by atoms with Crippen LogP contribution in [0.1, 0.15) is 61.3 Å². The van der Waals surface area contributed by atoms with Gasteiger partial charge >= 0.3 is 5.97 Å². The predicted octanol–water partition coefficient (Wildman–Crippen LogP) is 2.72. The van der Waals surface area contributed by atoms with E-state index in [2.05, 4.69) is 0 Å². The standard InChI is InChI=1S/C18H21NO5/c1-17(2)9-11(10-18(3,4)24-17)16(22)23-19-14(20)12-7-5-6-8-13(12)15(19)21/h5-8,11H,9-10H2,1-4H3. The lowest BCUT2D eigenvalue weighted by Crippen LogP contribution is -2.48. The minimum absolute atomic E-state index is 0.253. The van der Waals surface area contributed by atoms with E-state index in [1.54, 1.807) is 24.3 Å². The van der Waals surface area contributed by atoms with Crippen molar-refractivity contribution in [3.05, 3.63) is 35.4 Å². The maximum Gasteiger partial charge on any atom is 0.336 e. The van der Waals surface area contributed by atoms with E-state index in [1.165, 1.54) is 0 Å². The van der Waals surface area contributed by atoms with Gasteiger partial charge in [-0.25, -0.2) is 4.79 Å². The van der Waals surface area contributed by atoms with E-state index >= 15 is 0 Å². The molecule has 0 saturated carbocycles. The van der Waals surface area contributed by atoms with Crippen molar-refractivity contribution in [1.29, 1.82) is 0 Å². The van der Waals surface area contributed by atoms with E-state index in [9.17, 15) is 14.4 Å². The van der Waals surface area contributed by atoms with Gasteiger partial charge in [0, 0.05) is 0 Å². The first kappa shape index (κ1) is 16.6. The summed E-state index contributed by atoms with van der Waals surface area (Å²) in [6.45, 7) is 7.65. The van der Waals surface area contributed by atoms with Gasteiger partial charge in [-0.2, -0.15) is 0 Å². The summed E-state index contributed by atoms with van der Waals surface area (Å²) in [4.78, 5) is 42.3. The first-order chi connectivity index (χ1) is 11.1. The Morgan fingerprint density at radius 3 is 1.96 bits per heavy atom. The molecule has 0 spiro atoms. The Balaban J connectivity index is 1.76. The summed E-state index contributed by atoms with van der Waals surface area (Å²) in [5.74, 6) is -2.22. The fourth-order valence-corrected chi connectivity index (χ4v) is 3.67. The van der Waals surface area contributed by atoms with Gasteiger partial charge in [0.25, 0.3) is 11.8 Å². The number of fused-ring (bicyclic) bond motifs is 1. The zero-order valence-corrected chi connectivity index (χ0v) is 14.3. The van der Waals surface area contributed by atoms with Crippen molar-refractivity contribution in [2.75, 3.05) is 0 Å². The van der Waals surface area contributed by atoms with Crippen LogP contribution in [0, 0.1) is 5.92 Å². The van der Waals surface area contributed by atoms with Crippen LogP contribution in [0.3, 0.4) is 0 Å². The molecule has 0 unspecified atom stereocenters.